The Bertz CT molecular complexity index is 1410. The van der Waals surface area contributed by atoms with E-state index in [2.05, 4.69) is 26.6 Å². The first-order valence-corrected chi connectivity index (χ1v) is 11.4. The highest BCUT2D eigenvalue weighted by atomic mass is 79.9. The normalized spacial score (nSPS) is 10.8. The molecule has 0 unspecified atom stereocenters. The zero-order valence-electron chi connectivity index (χ0n) is 19.4. The van der Waals surface area contributed by atoms with Crippen molar-refractivity contribution >= 4 is 50.9 Å². The summed E-state index contributed by atoms with van der Waals surface area (Å²) in [6.45, 7) is 3.52. The van der Waals surface area contributed by atoms with Crippen LogP contribution in [-0.2, 0) is 9.59 Å². The summed E-state index contributed by atoms with van der Waals surface area (Å²) < 4.78 is 6.35. The Balaban J connectivity index is 1.77. The second-order valence-electron chi connectivity index (χ2n) is 7.77. The second-order valence-corrected chi connectivity index (χ2v) is 8.68. The van der Waals surface area contributed by atoms with E-state index in [0.29, 0.717) is 15.7 Å². The number of anilines is 2. The van der Waals surface area contributed by atoms with Gasteiger partial charge in [0.25, 0.3) is 17.5 Å². The predicted octanol–water partition coefficient (Wildman–Crippen LogP) is 5.54. The second kappa shape index (κ2) is 11.8. The van der Waals surface area contributed by atoms with Crippen LogP contribution in [0.2, 0.25) is 0 Å². The van der Waals surface area contributed by atoms with Gasteiger partial charge in [-0.1, -0.05) is 34.1 Å². The van der Waals surface area contributed by atoms with Crippen molar-refractivity contribution in [1.29, 1.82) is 5.26 Å². The Morgan fingerprint density at radius 1 is 1.11 bits per heavy atom. The lowest BCUT2D eigenvalue weighted by Gasteiger charge is -2.12. The molecule has 0 saturated heterocycles. The summed E-state index contributed by atoms with van der Waals surface area (Å²) in [7, 11) is 0. The Kier molecular flexibility index (Phi) is 8.54. The minimum atomic E-state index is -0.753. The molecule has 10 heteroatoms. The van der Waals surface area contributed by atoms with Crippen LogP contribution in [0.4, 0.5) is 17.1 Å². The molecule has 3 rings (SSSR count). The minimum Gasteiger partial charge on any atom is -0.483 e. The molecule has 3 aromatic carbocycles. The molecule has 0 aliphatic rings. The predicted molar refractivity (Wildman–Crippen MR) is 139 cm³/mol. The van der Waals surface area contributed by atoms with E-state index in [1.165, 1.54) is 30.3 Å². The van der Waals surface area contributed by atoms with Crippen LogP contribution in [-0.4, -0.2) is 23.3 Å². The fourth-order valence-corrected chi connectivity index (χ4v) is 3.54. The van der Waals surface area contributed by atoms with Crippen LogP contribution in [0.3, 0.4) is 0 Å². The van der Waals surface area contributed by atoms with Gasteiger partial charge in [0, 0.05) is 33.5 Å². The molecule has 0 aliphatic carbocycles. The summed E-state index contributed by atoms with van der Waals surface area (Å²) in [6.07, 6.45) is 1.31. The van der Waals surface area contributed by atoms with Gasteiger partial charge in [0.1, 0.15) is 17.4 Å². The highest BCUT2D eigenvalue weighted by molar-refractivity contribution is 9.10. The Hall–Kier alpha value is -4.49. The Morgan fingerprint density at radius 2 is 1.89 bits per heavy atom. The number of non-ortho nitro benzene ring substituents is 1. The van der Waals surface area contributed by atoms with Gasteiger partial charge in [0.15, 0.2) is 6.61 Å². The largest absolute Gasteiger partial charge is 0.483 e. The maximum atomic E-state index is 12.7. The fourth-order valence-electron chi connectivity index (χ4n) is 3.16. The molecule has 0 atom stereocenters. The maximum Gasteiger partial charge on any atom is 0.271 e. The monoisotopic (exact) mass is 548 g/mol. The van der Waals surface area contributed by atoms with E-state index < -0.39 is 10.8 Å². The SMILES string of the molecule is Cc1ccc(C)c(NC(=O)COc2ccc(Br)cc2/C=C(/C#N)C(=O)Nc2cccc([N+](=O)[O-])c2)c1. The first-order valence-electron chi connectivity index (χ1n) is 10.6. The molecule has 9 nitrogen and oxygen atoms in total. The van der Waals surface area contributed by atoms with Crippen molar-refractivity contribution in [2.45, 2.75) is 13.8 Å². The van der Waals surface area contributed by atoms with Crippen LogP contribution >= 0.6 is 15.9 Å². The number of nitro benzene ring substituents is 1. The quantitative estimate of drug-likeness (QED) is 0.164. The number of carbonyl (C=O) groups is 2. The molecular weight excluding hydrogens is 528 g/mol. The third kappa shape index (κ3) is 7.01. The molecule has 0 heterocycles. The number of amides is 2. The Labute approximate surface area is 215 Å². The lowest BCUT2D eigenvalue weighted by atomic mass is 10.1. The van der Waals surface area contributed by atoms with Gasteiger partial charge in [-0.05, 0) is 61.4 Å². The van der Waals surface area contributed by atoms with Crippen LogP contribution in [0.25, 0.3) is 6.08 Å². The minimum absolute atomic E-state index is 0.171. The topological polar surface area (TPSA) is 134 Å². The number of hydrogen-bond donors (Lipinski definition) is 2. The van der Waals surface area contributed by atoms with Crippen LogP contribution in [0.15, 0.2) is 70.7 Å². The number of nitrogens with zero attached hydrogens (tertiary/aromatic N) is 2. The van der Waals surface area contributed by atoms with Crippen molar-refractivity contribution in [1.82, 2.24) is 0 Å². The molecule has 3 aromatic rings. The number of halogens is 1. The van der Waals surface area contributed by atoms with E-state index in [-0.39, 0.29) is 35.2 Å². The summed E-state index contributed by atoms with van der Waals surface area (Å²) in [5.41, 5.74) is 2.70. The highest BCUT2D eigenvalue weighted by Gasteiger charge is 2.15. The third-order valence-corrected chi connectivity index (χ3v) is 5.47. The van der Waals surface area contributed by atoms with Gasteiger partial charge in [0.05, 0.1) is 4.92 Å². The highest BCUT2D eigenvalue weighted by Crippen LogP contribution is 2.26. The van der Waals surface area contributed by atoms with Crippen molar-refractivity contribution in [2.24, 2.45) is 0 Å². The first kappa shape index (κ1) is 26.1. The van der Waals surface area contributed by atoms with Crippen LogP contribution in [0, 0.1) is 35.3 Å². The van der Waals surface area contributed by atoms with Gasteiger partial charge >= 0.3 is 0 Å². The maximum absolute atomic E-state index is 12.7. The molecule has 2 N–H and O–H groups in total. The van der Waals surface area contributed by atoms with Gasteiger partial charge in [0.2, 0.25) is 0 Å². The third-order valence-electron chi connectivity index (χ3n) is 4.98. The zero-order valence-corrected chi connectivity index (χ0v) is 21.0. The summed E-state index contributed by atoms with van der Waals surface area (Å²) in [5, 5.41) is 25.8. The Morgan fingerprint density at radius 3 is 2.61 bits per heavy atom. The lowest BCUT2D eigenvalue weighted by Crippen LogP contribution is -2.21. The summed E-state index contributed by atoms with van der Waals surface area (Å²) in [5.74, 6) is -0.840. The van der Waals surface area contributed by atoms with Crippen molar-refractivity contribution in [3.63, 3.8) is 0 Å². The average Bonchev–Trinajstić information content (AvgIpc) is 2.84. The van der Waals surface area contributed by atoms with E-state index in [9.17, 15) is 25.0 Å². The number of carbonyl (C=O) groups excluding carboxylic acids is 2. The number of rotatable bonds is 8. The van der Waals surface area contributed by atoms with E-state index in [0.717, 1.165) is 11.1 Å². The molecule has 0 saturated carbocycles. The summed E-state index contributed by atoms with van der Waals surface area (Å²) >= 11 is 3.35. The first-order chi connectivity index (χ1) is 17.2. The molecule has 0 spiro atoms. The van der Waals surface area contributed by atoms with Crippen LogP contribution < -0.4 is 15.4 Å². The number of nitrogens with one attached hydrogen (secondary N) is 2. The number of aryl methyl sites for hydroxylation is 2. The molecule has 36 heavy (non-hydrogen) atoms. The zero-order chi connectivity index (χ0) is 26.2. The smallest absolute Gasteiger partial charge is 0.271 e. The molecule has 0 bridgehead atoms. The molecular formula is C26H21BrN4O5. The van der Waals surface area contributed by atoms with Crippen LogP contribution in [0.1, 0.15) is 16.7 Å². The van der Waals surface area contributed by atoms with Crippen molar-refractivity contribution in [2.75, 3.05) is 17.2 Å². The van der Waals surface area contributed by atoms with Gasteiger partial charge in [-0.15, -0.1) is 0 Å². The molecule has 2 amide bonds. The van der Waals surface area contributed by atoms with Gasteiger partial charge in [-0.25, -0.2) is 0 Å². The molecule has 182 valence electrons. The number of ether oxygens (including phenoxy) is 1. The number of hydrogen-bond acceptors (Lipinski definition) is 6. The molecule has 0 fully saturated rings. The summed E-state index contributed by atoms with van der Waals surface area (Å²) in [6, 6.07) is 17.9. The fraction of sp³-hybridized carbons (Fsp3) is 0.115. The van der Waals surface area contributed by atoms with E-state index >= 15 is 0 Å². The van der Waals surface area contributed by atoms with Crippen molar-refractivity contribution in [3.05, 3.63) is 97.5 Å². The molecule has 0 aliphatic heterocycles. The standard InChI is InChI=1S/C26H21BrN4O5/c1-16-6-7-17(2)23(10-16)30-25(32)15-36-24-9-8-20(27)12-18(24)11-19(14-28)26(33)29-21-4-3-5-22(13-21)31(34)35/h3-13H,15H2,1-2H3,(H,29,33)(H,30,32)/b19-11-. The van der Waals surface area contributed by atoms with E-state index in [1.807, 2.05) is 38.1 Å². The molecule has 0 radical (unpaired) electrons. The van der Waals surface area contributed by atoms with Crippen molar-refractivity contribution < 1.29 is 19.2 Å². The summed E-state index contributed by atoms with van der Waals surface area (Å²) in [4.78, 5) is 35.5. The number of benzene rings is 3. The van der Waals surface area contributed by atoms with Gasteiger partial charge in [-0.3, -0.25) is 19.7 Å². The lowest BCUT2D eigenvalue weighted by molar-refractivity contribution is -0.384. The van der Waals surface area contributed by atoms with Crippen molar-refractivity contribution in [3.8, 4) is 11.8 Å². The van der Waals surface area contributed by atoms with Gasteiger partial charge < -0.3 is 15.4 Å². The molecule has 0 aromatic heterocycles. The van der Waals surface area contributed by atoms with Gasteiger partial charge in [-0.2, -0.15) is 5.26 Å². The van der Waals surface area contributed by atoms with E-state index in [4.69, 9.17) is 4.74 Å². The number of nitro groups is 1. The average molecular weight is 549 g/mol. The van der Waals surface area contributed by atoms with E-state index in [1.54, 1.807) is 18.2 Å². The van der Waals surface area contributed by atoms with Crippen LogP contribution in [0.5, 0.6) is 5.75 Å². The number of nitriles is 1.